The maximum Gasteiger partial charge on any atom is 0.264 e. The number of carbonyl (C=O) groups excluding carboxylic acids is 2. The van der Waals surface area contributed by atoms with E-state index >= 15 is 0 Å². The lowest BCUT2D eigenvalue weighted by Crippen LogP contribution is -2.38. The van der Waals surface area contributed by atoms with Crippen molar-refractivity contribution < 1.29 is 28.2 Å². The van der Waals surface area contributed by atoms with E-state index in [1.165, 1.54) is 26.4 Å². The summed E-state index contributed by atoms with van der Waals surface area (Å²) in [5, 5.41) is 3.12. The van der Waals surface area contributed by atoms with E-state index in [4.69, 9.17) is 25.8 Å². The molecule has 3 aromatic carbocycles. The van der Waals surface area contributed by atoms with E-state index in [0.717, 1.165) is 5.56 Å². The quantitative estimate of drug-likeness (QED) is 0.455. The number of nitrogens with one attached hydrogen (secondary N) is 1. The molecule has 1 aliphatic rings. The van der Waals surface area contributed by atoms with E-state index in [1.54, 1.807) is 47.4 Å². The Bertz CT molecular complexity index is 1300. The molecule has 1 aliphatic heterocycles. The third-order valence-corrected chi connectivity index (χ3v) is 6.28. The molecule has 9 heteroatoms. The van der Waals surface area contributed by atoms with Crippen molar-refractivity contribution in [2.45, 2.75) is 32.5 Å². The summed E-state index contributed by atoms with van der Waals surface area (Å²) in [6, 6.07) is 14.2. The van der Waals surface area contributed by atoms with Crippen LogP contribution in [0.2, 0.25) is 5.02 Å². The Morgan fingerprint density at radius 1 is 1.11 bits per heavy atom. The highest BCUT2D eigenvalue weighted by Gasteiger charge is 2.30. The summed E-state index contributed by atoms with van der Waals surface area (Å²) in [5.41, 5.74) is 2.29. The lowest BCUT2D eigenvalue weighted by Gasteiger charge is -2.23. The van der Waals surface area contributed by atoms with E-state index < -0.39 is 11.9 Å². The van der Waals surface area contributed by atoms with Crippen molar-refractivity contribution >= 4 is 29.1 Å². The number of ether oxygens (including phenoxy) is 3. The van der Waals surface area contributed by atoms with Crippen LogP contribution >= 0.6 is 11.6 Å². The molecule has 0 spiro atoms. The van der Waals surface area contributed by atoms with Gasteiger partial charge in [-0.2, -0.15) is 0 Å². The van der Waals surface area contributed by atoms with Crippen LogP contribution < -0.4 is 19.5 Å². The minimum Gasteiger partial charge on any atom is -0.493 e. The lowest BCUT2D eigenvalue weighted by molar-refractivity contribution is -0.139. The van der Waals surface area contributed by atoms with Crippen molar-refractivity contribution in [3.8, 4) is 17.2 Å². The third-order valence-electron chi connectivity index (χ3n) is 5.93. The summed E-state index contributed by atoms with van der Waals surface area (Å²) in [4.78, 5) is 27.7. The molecule has 0 radical (unpaired) electrons. The van der Waals surface area contributed by atoms with Crippen molar-refractivity contribution in [1.82, 2.24) is 4.90 Å². The summed E-state index contributed by atoms with van der Waals surface area (Å²) in [6.45, 7) is 2.30. The summed E-state index contributed by atoms with van der Waals surface area (Å²) in [7, 11) is 3.03. The number of hydrogen-bond donors (Lipinski definition) is 1. The van der Waals surface area contributed by atoms with Gasteiger partial charge in [0.15, 0.2) is 17.6 Å². The first-order chi connectivity index (χ1) is 17.3. The maximum absolute atomic E-state index is 13.5. The number of rotatable bonds is 7. The van der Waals surface area contributed by atoms with Gasteiger partial charge in [-0.25, -0.2) is 4.39 Å². The van der Waals surface area contributed by atoms with Gasteiger partial charge in [0.2, 0.25) is 0 Å². The van der Waals surface area contributed by atoms with E-state index in [-0.39, 0.29) is 29.9 Å². The molecule has 3 aromatic rings. The fourth-order valence-electron chi connectivity index (χ4n) is 4.01. The molecule has 1 heterocycles. The van der Waals surface area contributed by atoms with E-state index in [2.05, 4.69) is 5.32 Å². The smallest absolute Gasteiger partial charge is 0.264 e. The molecule has 0 saturated carbocycles. The number of carbonyl (C=O) groups is 2. The SMILES string of the molecule is CC[C@@H]1Oc2ccc(NC(=O)c3ccc(OC)c(OC)c3)cc2CN(Cc2ccc(F)cc2Cl)C1=O. The zero-order valence-electron chi connectivity index (χ0n) is 20.1. The first-order valence-corrected chi connectivity index (χ1v) is 11.8. The van der Waals surface area contributed by atoms with Gasteiger partial charge < -0.3 is 24.4 Å². The van der Waals surface area contributed by atoms with Crippen LogP contribution in [0.15, 0.2) is 54.6 Å². The van der Waals surface area contributed by atoms with Gasteiger partial charge in [0.1, 0.15) is 11.6 Å². The highest BCUT2D eigenvalue weighted by Crippen LogP contribution is 2.32. The minimum atomic E-state index is -0.669. The van der Waals surface area contributed by atoms with Gasteiger partial charge >= 0.3 is 0 Å². The number of amides is 2. The van der Waals surface area contributed by atoms with Gasteiger partial charge in [-0.05, 0) is 60.5 Å². The van der Waals surface area contributed by atoms with E-state index in [0.29, 0.717) is 40.5 Å². The molecule has 36 heavy (non-hydrogen) atoms. The zero-order valence-corrected chi connectivity index (χ0v) is 20.9. The van der Waals surface area contributed by atoms with Crippen LogP contribution in [-0.4, -0.2) is 37.0 Å². The average molecular weight is 513 g/mol. The van der Waals surface area contributed by atoms with Crippen LogP contribution in [0.4, 0.5) is 10.1 Å². The fraction of sp³-hybridized carbons (Fsp3) is 0.259. The standard InChI is InChI=1S/C27H26ClFN2O5/c1-4-22-27(33)31(14-17-5-7-19(29)13-21(17)28)15-18-11-20(8-10-23(18)36-22)30-26(32)16-6-9-24(34-2)25(12-16)35-3/h5-13,22H,4,14-15H2,1-3H3,(H,30,32)/t22-/m0/s1. The van der Waals surface area contributed by atoms with Gasteiger partial charge in [0.25, 0.3) is 11.8 Å². The van der Waals surface area contributed by atoms with Crippen molar-refractivity contribution in [3.05, 3.63) is 82.1 Å². The largest absolute Gasteiger partial charge is 0.493 e. The zero-order chi connectivity index (χ0) is 25.8. The van der Waals surface area contributed by atoms with Crippen LogP contribution in [0.25, 0.3) is 0 Å². The van der Waals surface area contributed by atoms with Crippen LogP contribution in [0.3, 0.4) is 0 Å². The van der Waals surface area contributed by atoms with Gasteiger partial charge in [0, 0.05) is 34.9 Å². The summed E-state index contributed by atoms with van der Waals surface area (Å²) >= 11 is 6.22. The number of benzene rings is 3. The number of fused-ring (bicyclic) bond motifs is 1. The topological polar surface area (TPSA) is 77.1 Å². The Balaban J connectivity index is 1.59. The van der Waals surface area contributed by atoms with Crippen LogP contribution in [0.1, 0.15) is 34.8 Å². The molecular formula is C27H26ClFN2O5. The Hall–Kier alpha value is -3.78. The molecule has 7 nitrogen and oxygen atoms in total. The highest BCUT2D eigenvalue weighted by atomic mass is 35.5. The molecular weight excluding hydrogens is 487 g/mol. The molecule has 0 bridgehead atoms. The highest BCUT2D eigenvalue weighted by molar-refractivity contribution is 6.31. The summed E-state index contributed by atoms with van der Waals surface area (Å²) in [6.07, 6.45) is -0.193. The predicted molar refractivity (Wildman–Crippen MR) is 134 cm³/mol. The van der Waals surface area contributed by atoms with Crippen molar-refractivity contribution in [2.24, 2.45) is 0 Å². The molecule has 0 aliphatic carbocycles. The number of nitrogens with zero attached hydrogens (tertiary/aromatic N) is 1. The molecule has 0 unspecified atom stereocenters. The Labute approximate surface area is 213 Å². The monoisotopic (exact) mass is 512 g/mol. The third kappa shape index (κ3) is 5.39. The normalized spacial score (nSPS) is 15.0. The average Bonchev–Trinajstić information content (AvgIpc) is 3.00. The molecule has 188 valence electrons. The molecule has 1 N–H and O–H groups in total. The molecule has 0 saturated heterocycles. The lowest BCUT2D eigenvalue weighted by atomic mass is 10.1. The van der Waals surface area contributed by atoms with Gasteiger partial charge in [0.05, 0.1) is 14.2 Å². The van der Waals surface area contributed by atoms with E-state index in [1.807, 2.05) is 6.92 Å². The van der Waals surface area contributed by atoms with Gasteiger partial charge in [-0.3, -0.25) is 9.59 Å². The molecule has 0 aromatic heterocycles. The van der Waals surface area contributed by atoms with Crippen LogP contribution in [0, 0.1) is 5.82 Å². The Morgan fingerprint density at radius 3 is 2.58 bits per heavy atom. The van der Waals surface area contributed by atoms with Gasteiger partial charge in [-0.1, -0.05) is 24.6 Å². The summed E-state index contributed by atoms with van der Waals surface area (Å²) in [5.74, 6) is 0.563. The van der Waals surface area contributed by atoms with Crippen molar-refractivity contribution in [1.29, 1.82) is 0 Å². The minimum absolute atomic E-state index is 0.190. The second-order valence-corrected chi connectivity index (χ2v) is 8.70. The predicted octanol–water partition coefficient (Wildman–Crippen LogP) is 5.45. The molecule has 1 atom stereocenters. The van der Waals surface area contributed by atoms with E-state index in [9.17, 15) is 14.0 Å². The van der Waals surface area contributed by atoms with Gasteiger partial charge in [-0.15, -0.1) is 0 Å². The Kier molecular flexibility index (Phi) is 7.64. The molecule has 2 amide bonds. The summed E-state index contributed by atoms with van der Waals surface area (Å²) < 4.78 is 30.0. The first-order valence-electron chi connectivity index (χ1n) is 11.4. The Morgan fingerprint density at radius 2 is 1.89 bits per heavy atom. The second kappa shape index (κ2) is 10.9. The van der Waals surface area contributed by atoms with Crippen molar-refractivity contribution in [3.63, 3.8) is 0 Å². The number of hydrogen-bond acceptors (Lipinski definition) is 5. The fourth-order valence-corrected chi connectivity index (χ4v) is 4.24. The van der Waals surface area contributed by atoms with Crippen LogP contribution in [0.5, 0.6) is 17.2 Å². The molecule has 4 rings (SSSR count). The number of anilines is 1. The number of methoxy groups -OCH3 is 2. The number of halogens is 2. The second-order valence-electron chi connectivity index (χ2n) is 8.29. The first kappa shape index (κ1) is 25.3. The maximum atomic E-state index is 13.5. The molecule has 0 fully saturated rings. The van der Waals surface area contributed by atoms with Crippen molar-refractivity contribution in [2.75, 3.05) is 19.5 Å². The van der Waals surface area contributed by atoms with Crippen LogP contribution in [-0.2, 0) is 17.9 Å².